The molecule has 0 N–H and O–H groups in total. The largest absolute Gasteiger partial charge is 0.248 e. The summed E-state index contributed by atoms with van der Waals surface area (Å²) in [5.74, 6) is 0. The zero-order chi connectivity index (χ0) is 16.3. The van der Waals surface area contributed by atoms with Crippen LogP contribution in [0.3, 0.4) is 0 Å². The molecule has 0 aliphatic carbocycles. The van der Waals surface area contributed by atoms with Crippen molar-refractivity contribution in [2.45, 2.75) is 8.42 Å². The maximum absolute atomic E-state index is 12.8. The summed E-state index contributed by atoms with van der Waals surface area (Å²) in [7, 11) is -5.18. The van der Waals surface area contributed by atoms with E-state index in [1.54, 1.807) is 53.9 Å². The highest BCUT2D eigenvalue weighted by atomic mass is 32.2. The number of benzene rings is 1. The summed E-state index contributed by atoms with van der Waals surface area (Å²) in [4.78, 5) is 0.293. The highest BCUT2D eigenvalue weighted by molar-refractivity contribution is 8.00. The van der Waals surface area contributed by atoms with Crippen LogP contribution >= 0.6 is 22.7 Å². The fraction of sp³-hybridized carbons (Fsp3) is 0. The van der Waals surface area contributed by atoms with Crippen molar-refractivity contribution in [2.24, 2.45) is 0 Å². The van der Waals surface area contributed by atoms with Gasteiger partial charge in [-0.3, -0.25) is 0 Å². The first-order valence-corrected chi connectivity index (χ1v) is 11.0. The van der Waals surface area contributed by atoms with Crippen molar-refractivity contribution in [1.82, 2.24) is 0 Å². The van der Waals surface area contributed by atoms with Crippen molar-refractivity contribution in [1.29, 1.82) is 0 Å². The minimum Gasteiger partial charge on any atom is -0.248 e. The molecule has 7 heteroatoms. The summed E-state index contributed by atoms with van der Waals surface area (Å²) in [6, 6.07) is 15.7. The fourth-order valence-electron chi connectivity index (χ4n) is 1.92. The third kappa shape index (κ3) is 3.69. The van der Waals surface area contributed by atoms with Gasteiger partial charge in [0.15, 0.2) is 0 Å². The molecule has 0 spiro atoms. The lowest BCUT2D eigenvalue weighted by molar-refractivity contribution is 0.606. The summed E-state index contributed by atoms with van der Waals surface area (Å²) in [6.45, 7) is 0. The van der Waals surface area contributed by atoms with Crippen LogP contribution in [0.5, 0.6) is 0 Å². The SMILES string of the molecule is O=S(/C(=C/S(=O)(=O)c1cccs1)c1ccccc1)c1cccs1. The molecule has 0 saturated carbocycles. The third-order valence-corrected chi connectivity index (χ3v) is 8.67. The average molecular weight is 381 g/mol. The Hall–Kier alpha value is -1.54. The standard InChI is InChI=1S/C16H12O3S4/c17-22(15-8-4-10-20-15)14(13-6-2-1-3-7-13)12-23(18,19)16-9-5-11-21-16/h1-12H/b14-12+. The molecule has 1 aromatic carbocycles. The molecule has 0 amide bonds. The molecule has 0 bridgehead atoms. The van der Waals surface area contributed by atoms with Gasteiger partial charge in [-0.2, -0.15) is 0 Å². The molecule has 118 valence electrons. The second-order valence-corrected chi connectivity index (χ2v) is 10.1. The molecular weight excluding hydrogens is 368 g/mol. The molecule has 1 unspecified atom stereocenters. The summed E-state index contributed by atoms with van der Waals surface area (Å²) in [5, 5.41) is 4.66. The Kier molecular flexibility index (Phi) is 4.91. The number of thiophene rings is 2. The minimum absolute atomic E-state index is 0.245. The van der Waals surface area contributed by atoms with E-state index < -0.39 is 20.6 Å². The summed E-state index contributed by atoms with van der Waals surface area (Å²) >= 11 is 2.49. The monoisotopic (exact) mass is 380 g/mol. The normalized spacial score (nSPS) is 13.8. The summed E-state index contributed by atoms with van der Waals surface area (Å²) in [6.07, 6.45) is 0. The van der Waals surface area contributed by atoms with E-state index >= 15 is 0 Å². The quantitative estimate of drug-likeness (QED) is 0.660. The molecule has 0 aliphatic heterocycles. The second kappa shape index (κ2) is 6.92. The van der Waals surface area contributed by atoms with Gasteiger partial charge in [-0.05, 0) is 28.5 Å². The molecule has 0 aliphatic rings. The minimum atomic E-state index is -3.63. The van der Waals surface area contributed by atoms with E-state index in [-0.39, 0.29) is 4.21 Å². The molecule has 3 aromatic rings. The van der Waals surface area contributed by atoms with Crippen molar-refractivity contribution in [3.8, 4) is 0 Å². The third-order valence-electron chi connectivity index (χ3n) is 2.97. The molecule has 0 fully saturated rings. The number of hydrogen-bond donors (Lipinski definition) is 0. The van der Waals surface area contributed by atoms with Crippen LogP contribution in [0, 0.1) is 0 Å². The lowest BCUT2D eigenvalue weighted by Gasteiger charge is -2.07. The predicted octanol–water partition coefficient (Wildman–Crippen LogP) is 4.39. The summed E-state index contributed by atoms with van der Waals surface area (Å²) < 4.78 is 38.8. The van der Waals surface area contributed by atoms with Crippen molar-refractivity contribution in [2.75, 3.05) is 0 Å². The number of hydrogen-bond acceptors (Lipinski definition) is 5. The first-order chi connectivity index (χ1) is 11.1. The van der Waals surface area contributed by atoms with Crippen molar-refractivity contribution < 1.29 is 12.6 Å². The average Bonchev–Trinajstić information content (AvgIpc) is 3.25. The molecule has 1 atom stereocenters. The van der Waals surface area contributed by atoms with Gasteiger partial charge in [-0.1, -0.05) is 42.5 Å². The molecule has 0 radical (unpaired) electrons. The number of rotatable bonds is 5. The smallest absolute Gasteiger partial charge is 0.210 e. The van der Waals surface area contributed by atoms with Gasteiger partial charge in [0.25, 0.3) is 0 Å². The fourth-order valence-corrected chi connectivity index (χ4v) is 6.75. The van der Waals surface area contributed by atoms with Gasteiger partial charge in [-0.25, -0.2) is 12.6 Å². The Morgan fingerprint density at radius 1 is 0.913 bits per heavy atom. The van der Waals surface area contributed by atoms with E-state index in [0.717, 1.165) is 16.7 Å². The Balaban J connectivity index is 2.13. The first-order valence-electron chi connectivity index (χ1n) is 6.59. The molecule has 0 saturated heterocycles. The predicted molar refractivity (Wildman–Crippen MR) is 96.7 cm³/mol. The van der Waals surface area contributed by atoms with Crippen LogP contribution in [0.1, 0.15) is 5.56 Å². The van der Waals surface area contributed by atoms with Crippen LogP contribution < -0.4 is 0 Å². The van der Waals surface area contributed by atoms with Crippen LogP contribution in [0.2, 0.25) is 0 Å². The zero-order valence-electron chi connectivity index (χ0n) is 11.8. The van der Waals surface area contributed by atoms with Gasteiger partial charge in [0.2, 0.25) is 9.84 Å². The zero-order valence-corrected chi connectivity index (χ0v) is 15.1. The van der Waals surface area contributed by atoms with E-state index in [2.05, 4.69) is 0 Å². The Labute approximate surface area is 145 Å². The van der Waals surface area contributed by atoms with E-state index in [0.29, 0.717) is 14.7 Å². The van der Waals surface area contributed by atoms with Crippen molar-refractivity contribution >= 4 is 48.2 Å². The van der Waals surface area contributed by atoms with Crippen LogP contribution in [-0.2, 0) is 20.6 Å². The van der Waals surface area contributed by atoms with Crippen molar-refractivity contribution in [3.05, 3.63) is 76.3 Å². The van der Waals surface area contributed by atoms with Gasteiger partial charge in [-0.15, -0.1) is 22.7 Å². The first kappa shape index (κ1) is 16.3. The van der Waals surface area contributed by atoms with Crippen LogP contribution in [0.15, 0.2) is 79.2 Å². The molecule has 3 nitrogen and oxygen atoms in total. The highest BCUT2D eigenvalue weighted by Crippen LogP contribution is 2.30. The topological polar surface area (TPSA) is 51.2 Å². The molecule has 2 aromatic heterocycles. The van der Waals surface area contributed by atoms with E-state index in [9.17, 15) is 12.6 Å². The molecule has 3 rings (SSSR count). The van der Waals surface area contributed by atoms with Crippen LogP contribution in [0.4, 0.5) is 0 Å². The highest BCUT2D eigenvalue weighted by Gasteiger charge is 2.20. The molecular formula is C16H12O3S4. The summed E-state index contributed by atoms with van der Waals surface area (Å²) in [5.41, 5.74) is 0.638. The van der Waals surface area contributed by atoms with Gasteiger partial charge in [0.05, 0.1) is 25.3 Å². The van der Waals surface area contributed by atoms with Gasteiger partial charge in [0.1, 0.15) is 4.21 Å². The Morgan fingerprint density at radius 2 is 1.61 bits per heavy atom. The Morgan fingerprint density at radius 3 is 2.22 bits per heavy atom. The van der Waals surface area contributed by atoms with Gasteiger partial charge < -0.3 is 0 Å². The van der Waals surface area contributed by atoms with Crippen LogP contribution in [-0.4, -0.2) is 12.6 Å². The Bertz CT molecular complexity index is 923. The molecule has 2 heterocycles. The lowest BCUT2D eigenvalue weighted by Crippen LogP contribution is -2.00. The van der Waals surface area contributed by atoms with Crippen LogP contribution in [0.25, 0.3) is 4.91 Å². The van der Waals surface area contributed by atoms with Gasteiger partial charge in [0, 0.05) is 0 Å². The van der Waals surface area contributed by atoms with E-state index in [1.807, 2.05) is 11.4 Å². The maximum Gasteiger partial charge on any atom is 0.210 e. The van der Waals surface area contributed by atoms with Gasteiger partial charge >= 0.3 is 0 Å². The van der Waals surface area contributed by atoms with E-state index in [1.165, 1.54) is 11.3 Å². The lowest BCUT2D eigenvalue weighted by atomic mass is 10.2. The maximum atomic E-state index is 12.8. The second-order valence-electron chi connectivity index (χ2n) is 4.53. The molecule has 23 heavy (non-hydrogen) atoms. The number of sulfone groups is 1. The van der Waals surface area contributed by atoms with E-state index in [4.69, 9.17) is 0 Å². The van der Waals surface area contributed by atoms with Crippen molar-refractivity contribution in [3.63, 3.8) is 0 Å².